The minimum atomic E-state index is -0.327. The molecule has 0 aliphatic carbocycles. The summed E-state index contributed by atoms with van der Waals surface area (Å²) in [4.78, 5) is 17.3. The van der Waals surface area contributed by atoms with Crippen LogP contribution in [0.4, 0.5) is 0 Å². The van der Waals surface area contributed by atoms with Crippen molar-refractivity contribution in [3.63, 3.8) is 0 Å². The average molecular weight is 472 g/mol. The molecule has 0 bridgehead atoms. The molecule has 2 aromatic carbocycles. The number of aromatic nitrogens is 4. The molecule has 7 heteroatoms. The highest BCUT2D eigenvalue weighted by molar-refractivity contribution is 8.00. The van der Waals surface area contributed by atoms with E-state index in [0.717, 1.165) is 35.4 Å². The van der Waals surface area contributed by atoms with Crippen LogP contribution in [-0.4, -0.2) is 30.9 Å². The Hall–Kier alpha value is -3.45. The lowest BCUT2D eigenvalue weighted by atomic mass is 10.0. The van der Waals surface area contributed by atoms with Gasteiger partial charge in [0.05, 0.1) is 17.8 Å². The first-order valence-corrected chi connectivity index (χ1v) is 12.4. The molecule has 2 aromatic heterocycles. The van der Waals surface area contributed by atoms with Crippen molar-refractivity contribution >= 4 is 17.7 Å². The van der Waals surface area contributed by atoms with E-state index in [0.29, 0.717) is 11.7 Å². The molecule has 0 saturated heterocycles. The van der Waals surface area contributed by atoms with Gasteiger partial charge in [-0.05, 0) is 36.6 Å². The van der Waals surface area contributed by atoms with Gasteiger partial charge in [0.1, 0.15) is 0 Å². The fourth-order valence-corrected chi connectivity index (χ4v) is 4.65. The predicted octanol–water partition coefficient (Wildman–Crippen LogP) is 5.53. The maximum atomic E-state index is 13.2. The van der Waals surface area contributed by atoms with Gasteiger partial charge in [0.15, 0.2) is 11.0 Å². The molecule has 1 amide bonds. The summed E-state index contributed by atoms with van der Waals surface area (Å²) in [6, 6.07) is 24.2. The van der Waals surface area contributed by atoms with E-state index in [9.17, 15) is 4.79 Å². The number of pyridine rings is 1. The van der Waals surface area contributed by atoms with Gasteiger partial charge in [-0.3, -0.25) is 14.3 Å². The summed E-state index contributed by atoms with van der Waals surface area (Å²) in [6.07, 6.45) is 5.37. The van der Waals surface area contributed by atoms with Crippen molar-refractivity contribution in [1.29, 1.82) is 0 Å². The van der Waals surface area contributed by atoms with Crippen molar-refractivity contribution in [3.05, 3.63) is 96.3 Å². The topological polar surface area (TPSA) is 72.7 Å². The average Bonchev–Trinajstić information content (AvgIpc) is 3.27. The molecule has 0 radical (unpaired) electrons. The van der Waals surface area contributed by atoms with Crippen LogP contribution in [0.2, 0.25) is 0 Å². The van der Waals surface area contributed by atoms with Crippen LogP contribution in [0.1, 0.15) is 43.9 Å². The van der Waals surface area contributed by atoms with Gasteiger partial charge in [-0.1, -0.05) is 85.8 Å². The Morgan fingerprint density at radius 1 is 0.971 bits per heavy atom. The molecule has 174 valence electrons. The van der Waals surface area contributed by atoms with Crippen LogP contribution in [0.25, 0.3) is 11.4 Å². The highest BCUT2D eigenvalue weighted by Crippen LogP contribution is 2.28. The zero-order valence-electron chi connectivity index (χ0n) is 19.5. The fourth-order valence-electron chi connectivity index (χ4n) is 3.80. The van der Waals surface area contributed by atoms with E-state index in [2.05, 4.69) is 56.3 Å². The molecule has 2 heterocycles. The molecule has 2 unspecified atom stereocenters. The van der Waals surface area contributed by atoms with E-state index in [1.165, 1.54) is 11.8 Å². The number of rotatable bonds is 10. The van der Waals surface area contributed by atoms with Gasteiger partial charge in [-0.25, -0.2) is 0 Å². The molecule has 0 fully saturated rings. The number of thioether (sulfide) groups is 1. The number of amides is 1. The fraction of sp³-hybridized carbons (Fsp3) is 0.259. The zero-order valence-corrected chi connectivity index (χ0v) is 20.3. The molecule has 0 saturated carbocycles. The molecule has 34 heavy (non-hydrogen) atoms. The minimum absolute atomic E-state index is 0.00341. The first-order chi connectivity index (χ1) is 16.7. The van der Waals surface area contributed by atoms with Crippen LogP contribution in [-0.2, 0) is 11.3 Å². The van der Waals surface area contributed by atoms with Gasteiger partial charge in [-0.15, -0.1) is 10.2 Å². The Labute approximate surface area is 204 Å². The van der Waals surface area contributed by atoms with Gasteiger partial charge in [0.25, 0.3) is 0 Å². The van der Waals surface area contributed by atoms with Crippen LogP contribution in [0.5, 0.6) is 0 Å². The van der Waals surface area contributed by atoms with Crippen molar-refractivity contribution in [2.45, 2.75) is 49.7 Å². The molecule has 4 rings (SSSR count). The van der Waals surface area contributed by atoms with Gasteiger partial charge < -0.3 is 5.32 Å². The van der Waals surface area contributed by atoms with Crippen molar-refractivity contribution < 1.29 is 4.79 Å². The van der Waals surface area contributed by atoms with Crippen molar-refractivity contribution in [2.24, 2.45) is 0 Å². The van der Waals surface area contributed by atoms with Crippen LogP contribution in [0.15, 0.2) is 90.3 Å². The predicted molar refractivity (Wildman–Crippen MR) is 136 cm³/mol. The molecule has 1 N–H and O–H groups in total. The van der Waals surface area contributed by atoms with Crippen LogP contribution >= 0.6 is 11.8 Å². The van der Waals surface area contributed by atoms with Gasteiger partial charge >= 0.3 is 0 Å². The zero-order chi connectivity index (χ0) is 23.8. The van der Waals surface area contributed by atoms with E-state index in [-0.39, 0.29) is 17.2 Å². The Kier molecular flexibility index (Phi) is 8.09. The molecule has 6 nitrogen and oxygen atoms in total. The largest absolute Gasteiger partial charge is 0.348 e. The van der Waals surface area contributed by atoms with Crippen molar-refractivity contribution in [2.75, 3.05) is 0 Å². The lowest BCUT2D eigenvalue weighted by molar-refractivity contribution is -0.121. The highest BCUT2D eigenvalue weighted by atomic mass is 32.2. The third kappa shape index (κ3) is 5.91. The summed E-state index contributed by atoms with van der Waals surface area (Å²) in [5.74, 6) is 0.751. The van der Waals surface area contributed by atoms with Crippen LogP contribution < -0.4 is 5.32 Å². The summed E-state index contributed by atoms with van der Waals surface area (Å²) in [7, 11) is 0. The molecule has 0 spiro atoms. The summed E-state index contributed by atoms with van der Waals surface area (Å²) in [5, 5.41) is 12.5. The first-order valence-electron chi connectivity index (χ1n) is 11.5. The highest BCUT2D eigenvalue weighted by Gasteiger charge is 2.23. The monoisotopic (exact) mass is 471 g/mol. The van der Waals surface area contributed by atoms with Gasteiger partial charge in [0, 0.05) is 18.0 Å². The number of carbonyl (C=O) groups excluding carboxylic acids is 1. The quantitative estimate of drug-likeness (QED) is 0.308. The first kappa shape index (κ1) is 23.7. The Morgan fingerprint density at radius 2 is 1.65 bits per heavy atom. The maximum Gasteiger partial charge on any atom is 0.233 e. The maximum absolute atomic E-state index is 13.2. The van der Waals surface area contributed by atoms with Gasteiger partial charge in [0.2, 0.25) is 5.91 Å². The Balaban J connectivity index is 1.55. The second-order valence-electron chi connectivity index (χ2n) is 8.13. The summed E-state index contributed by atoms with van der Waals surface area (Å²) in [5.41, 5.74) is 3.21. The van der Waals surface area contributed by atoms with E-state index in [1.54, 1.807) is 12.4 Å². The number of hydrogen-bond acceptors (Lipinski definition) is 5. The Morgan fingerprint density at radius 3 is 2.32 bits per heavy atom. The number of hydrogen-bond donors (Lipinski definition) is 1. The Bertz CT molecular complexity index is 1180. The van der Waals surface area contributed by atoms with Crippen molar-refractivity contribution in [3.8, 4) is 11.4 Å². The van der Waals surface area contributed by atoms with Gasteiger partial charge in [-0.2, -0.15) is 0 Å². The summed E-state index contributed by atoms with van der Waals surface area (Å²) >= 11 is 1.43. The lowest BCUT2D eigenvalue weighted by Gasteiger charge is -2.21. The second kappa shape index (κ2) is 11.6. The molecule has 0 aliphatic rings. The van der Waals surface area contributed by atoms with Crippen LogP contribution in [0, 0.1) is 0 Å². The van der Waals surface area contributed by atoms with E-state index in [1.807, 2.05) is 55.5 Å². The number of benzene rings is 2. The van der Waals surface area contributed by atoms with E-state index >= 15 is 0 Å². The molecular weight excluding hydrogens is 442 g/mol. The second-order valence-corrected chi connectivity index (χ2v) is 9.44. The number of carbonyl (C=O) groups is 1. The molecule has 0 aliphatic heterocycles. The van der Waals surface area contributed by atoms with E-state index < -0.39 is 0 Å². The third-order valence-corrected chi connectivity index (χ3v) is 6.67. The standard InChI is InChI=1S/C27H29N5OS/c1-3-10-24(22-13-8-5-9-14-22)29-26(33)20(2)34-27-31-30-25(23-15-17-28-18-16-23)32(27)19-21-11-6-4-7-12-21/h4-9,11-18,20,24H,3,10,19H2,1-2H3,(H,29,33). The molecule has 4 aromatic rings. The third-order valence-electron chi connectivity index (χ3n) is 5.59. The smallest absolute Gasteiger partial charge is 0.233 e. The summed E-state index contributed by atoms with van der Waals surface area (Å²) in [6.45, 7) is 4.67. The molecule has 2 atom stereocenters. The minimum Gasteiger partial charge on any atom is -0.348 e. The number of nitrogens with zero attached hydrogens (tertiary/aromatic N) is 4. The van der Waals surface area contributed by atoms with E-state index in [4.69, 9.17) is 0 Å². The lowest BCUT2D eigenvalue weighted by Crippen LogP contribution is -2.34. The normalized spacial score (nSPS) is 12.8. The molecular formula is C27H29N5OS. The van der Waals surface area contributed by atoms with Crippen molar-refractivity contribution in [1.82, 2.24) is 25.1 Å². The number of nitrogens with one attached hydrogen (secondary N) is 1. The summed E-state index contributed by atoms with van der Waals surface area (Å²) < 4.78 is 2.07. The SMILES string of the molecule is CCCC(NC(=O)C(C)Sc1nnc(-c2ccncc2)n1Cc1ccccc1)c1ccccc1. The van der Waals surface area contributed by atoms with Crippen LogP contribution in [0.3, 0.4) is 0 Å².